The Bertz CT molecular complexity index is 3380. The lowest BCUT2D eigenvalue weighted by atomic mass is 9.35. The van der Waals surface area contributed by atoms with Crippen LogP contribution in [0.15, 0.2) is 72.7 Å². The van der Waals surface area contributed by atoms with Crippen LogP contribution in [0, 0.1) is 6.85 Å². The zero-order chi connectivity index (χ0) is 53.4. The highest BCUT2D eigenvalue weighted by Gasteiger charge is 2.55. The Kier molecular flexibility index (Phi) is 8.20. The van der Waals surface area contributed by atoms with Gasteiger partial charge in [-0.05, 0) is 211 Å². The molecule has 0 radical (unpaired) electrons. The second-order valence-corrected chi connectivity index (χ2v) is 29.2. The third-order valence-electron chi connectivity index (χ3n) is 19.3. The predicted octanol–water partition coefficient (Wildman–Crippen LogP) is 16.7. The smallest absolute Gasteiger partial charge is 0.264 e. The van der Waals surface area contributed by atoms with E-state index in [0.29, 0.717) is 11.4 Å². The molecule has 5 aromatic carbocycles. The topological polar surface area (TPSA) is 6.48 Å². The van der Waals surface area contributed by atoms with Crippen molar-refractivity contribution in [2.45, 2.75) is 212 Å². The van der Waals surface area contributed by atoms with E-state index in [2.05, 4.69) is 181 Å². The van der Waals surface area contributed by atoms with Crippen molar-refractivity contribution in [3.63, 3.8) is 0 Å². The van der Waals surface area contributed by atoms with E-state index < -0.39 is 6.85 Å². The minimum atomic E-state index is -2.75. The first kappa shape index (κ1) is 40.3. The van der Waals surface area contributed by atoms with Gasteiger partial charge in [-0.1, -0.05) is 135 Å². The number of benzene rings is 5. The monoisotopic (exact) mass is 936 g/mol. The molecular weight excluding hydrogens is 852 g/mol. The van der Waals surface area contributed by atoms with Gasteiger partial charge in [-0.25, -0.2) is 0 Å². The maximum absolute atomic E-state index is 10.7. The molecule has 69 heavy (non-hydrogen) atoms. The van der Waals surface area contributed by atoms with Crippen LogP contribution in [-0.4, -0.2) is 6.71 Å². The van der Waals surface area contributed by atoms with Crippen molar-refractivity contribution >= 4 is 78.0 Å². The van der Waals surface area contributed by atoms with E-state index in [4.69, 9.17) is 0 Å². The fourth-order valence-corrected chi connectivity index (χ4v) is 15.8. The van der Waals surface area contributed by atoms with E-state index in [1.54, 1.807) is 0 Å². The quantitative estimate of drug-likeness (QED) is 0.159. The van der Waals surface area contributed by atoms with Crippen LogP contribution in [0.25, 0.3) is 10.1 Å². The molecule has 0 N–H and O–H groups in total. The number of nitrogens with zero attached hydrogens (tertiary/aromatic N) is 2. The maximum Gasteiger partial charge on any atom is 0.264 e. The van der Waals surface area contributed by atoms with Gasteiger partial charge in [-0.15, -0.1) is 11.3 Å². The summed E-state index contributed by atoms with van der Waals surface area (Å²) in [5.74, 6) is 0. The zero-order valence-corrected chi connectivity index (χ0v) is 45.6. The van der Waals surface area contributed by atoms with Crippen LogP contribution >= 0.6 is 11.3 Å². The predicted molar refractivity (Wildman–Crippen MR) is 302 cm³/mol. The summed E-state index contributed by atoms with van der Waals surface area (Å²) in [5.41, 5.74) is 17.5. The van der Waals surface area contributed by atoms with Gasteiger partial charge in [-0.2, -0.15) is 0 Å². The van der Waals surface area contributed by atoms with Crippen LogP contribution in [0.1, 0.15) is 219 Å². The molecule has 3 heterocycles. The van der Waals surface area contributed by atoms with Crippen molar-refractivity contribution in [1.82, 2.24) is 0 Å². The van der Waals surface area contributed by atoms with Gasteiger partial charge in [0.25, 0.3) is 6.71 Å². The van der Waals surface area contributed by atoms with Crippen LogP contribution < -0.4 is 25.5 Å². The number of hydrogen-bond acceptors (Lipinski definition) is 3. The second kappa shape index (κ2) is 14.0. The molecule has 1 unspecified atom stereocenters. The molecule has 6 aromatic rings. The maximum atomic E-state index is 10.7. The average molecular weight is 936 g/mol. The van der Waals surface area contributed by atoms with E-state index in [1.165, 1.54) is 59.4 Å². The molecule has 2 nitrogen and oxygen atoms in total. The van der Waals surface area contributed by atoms with E-state index in [9.17, 15) is 6.85 Å². The summed E-state index contributed by atoms with van der Waals surface area (Å²) in [7, 11) is 0. The van der Waals surface area contributed by atoms with Crippen molar-refractivity contribution in [3.8, 4) is 0 Å². The summed E-state index contributed by atoms with van der Waals surface area (Å²) in [5, 5.41) is 1.12. The van der Waals surface area contributed by atoms with Crippen molar-refractivity contribution < 1.29 is 6.85 Å². The third-order valence-corrected chi connectivity index (χ3v) is 20.5. The highest BCUT2D eigenvalue weighted by Crippen LogP contribution is 2.62. The third kappa shape index (κ3) is 6.40. The molecule has 0 amide bonds. The summed E-state index contributed by atoms with van der Waals surface area (Å²) in [6.07, 6.45) is 8.82. The first-order chi connectivity index (χ1) is 34.1. The Balaban J connectivity index is 1.32. The summed E-state index contributed by atoms with van der Waals surface area (Å²) < 4.78 is 51.9. The van der Waals surface area contributed by atoms with Crippen LogP contribution in [0.3, 0.4) is 0 Å². The van der Waals surface area contributed by atoms with E-state index >= 15 is 0 Å². The molecule has 4 heteroatoms. The molecule has 6 aliphatic rings. The van der Waals surface area contributed by atoms with Gasteiger partial charge in [0.05, 0.1) is 8.43 Å². The summed E-state index contributed by atoms with van der Waals surface area (Å²) in [6.45, 7) is 35.0. The molecule has 0 spiro atoms. The summed E-state index contributed by atoms with van der Waals surface area (Å²) >= 11 is 1.85. The van der Waals surface area contributed by atoms with Crippen molar-refractivity contribution in [2.24, 2.45) is 0 Å². The number of anilines is 6. The molecule has 1 atom stereocenters. The fourth-order valence-electron chi connectivity index (χ4n) is 14.5. The lowest BCUT2D eigenvalue weighted by Gasteiger charge is -2.55. The standard InChI is InChI=1S/C65H79BN2S/c1-38-32-48-54-49(33-38)68(42-35-44-51-45(36-42)61(10,11)25-29-64(51,16)28-24-60(44,8)9)56-47(37-46-52-53(56)63(14,15)27-31-65(52,17)30-26-62(46,12)13)66(54)57-55(43-34-40(59(5,6)7)20-23-50(43)69-57)67(48)41-21-18-39(19-22-41)58(2,3)4/h18-23,32-37H,24-31H2,1-17H3/i1D3,32D,33D. The molecule has 0 fully saturated rings. The molecule has 2 aliphatic heterocycles. The largest absolute Gasteiger partial charge is 0.311 e. The highest BCUT2D eigenvalue weighted by atomic mass is 32.1. The minimum absolute atomic E-state index is 0.0388. The minimum Gasteiger partial charge on any atom is -0.311 e. The van der Waals surface area contributed by atoms with E-state index in [1.807, 2.05) is 11.3 Å². The van der Waals surface area contributed by atoms with E-state index in [0.717, 1.165) is 85.0 Å². The second-order valence-electron chi connectivity index (χ2n) is 28.1. The Hall–Kier alpha value is -4.28. The highest BCUT2D eigenvalue weighted by molar-refractivity contribution is 7.33. The molecule has 0 saturated carbocycles. The van der Waals surface area contributed by atoms with Gasteiger partial charge in [0.15, 0.2) is 0 Å². The van der Waals surface area contributed by atoms with Gasteiger partial charge in [0, 0.05) is 47.4 Å². The van der Waals surface area contributed by atoms with Crippen molar-refractivity contribution in [2.75, 3.05) is 9.80 Å². The molecular formula is C65H79BN2S. The first-order valence-electron chi connectivity index (χ1n) is 29.0. The van der Waals surface area contributed by atoms with Gasteiger partial charge in [-0.3, -0.25) is 0 Å². The van der Waals surface area contributed by atoms with Crippen molar-refractivity contribution in [1.29, 1.82) is 0 Å². The van der Waals surface area contributed by atoms with Gasteiger partial charge in [0.1, 0.15) is 0 Å². The molecule has 1 aromatic heterocycles. The fraction of sp³-hybridized carbons (Fsp3) is 0.508. The van der Waals surface area contributed by atoms with Crippen LogP contribution in [0.4, 0.5) is 34.1 Å². The Labute approximate surface area is 427 Å². The zero-order valence-electron chi connectivity index (χ0n) is 49.8. The molecule has 358 valence electrons. The van der Waals surface area contributed by atoms with Crippen LogP contribution in [0.2, 0.25) is 0 Å². The molecule has 0 bridgehead atoms. The Morgan fingerprint density at radius 1 is 0.536 bits per heavy atom. The van der Waals surface area contributed by atoms with E-state index in [-0.39, 0.29) is 67.7 Å². The number of thiophene rings is 1. The average Bonchev–Trinajstić information content (AvgIpc) is 3.68. The van der Waals surface area contributed by atoms with Gasteiger partial charge in [0.2, 0.25) is 0 Å². The lowest BCUT2D eigenvalue weighted by molar-refractivity contribution is 0.242. The molecule has 0 saturated heterocycles. The molecule has 12 rings (SSSR count). The Morgan fingerprint density at radius 3 is 1.57 bits per heavy atom. The SMILES string of the molecule is [2H]c1c2c3c(c([2H])c1C([2H])([2H])[2H])N(c1ccc(C(C)(C)C)cc1)c1c(sc4ccc(C(C)(C)C)cc14)B3c1cc3c4c(c1N2c1cc2c5c(c1)C(C)(C)CCC5(C)CCC2(C)C)C(C)(C)CCC4(C)CCC3(C)C. The Morgan fingerprint density at radius 2 is 1.03 bits per heavy atom. The van der Waals surface area contributed by atoms with Crippen LogP contribution in [0.5, 0.6) is 0 Å². The number of fused-ring (bicyclic) bond motifs is 7. The van der Waals surface area contributed by atoms with Gasteiger partial charge < -0.3 is 9.80 Å². The normalized spacial score (nSPS) is 24.2. The number of rotatable bonds is 2. The lowest BCUT2D eigenvalue weighted by Crippen LogP contribution is -2.62. The number of hydrogen-bond donors (Lipinski definition) is 0. The summed E-state index contributed by atoms with van der Waals surface area (Å²) in [4.78, 5) is 4.72. The first-order valence-corrected chi connectivity index (χ1v) is 27.3. The molecule has 4 aliphatic carbocycles. The van der Waals surface area contributed by atoms with Gasteiger partial charge >= 0.3 is 0 Å². The summed E-state index contributed by atoms with van der Waals surface area (Å²) in [6, 6.07) is 23.2. The van der Waals surface area contributed by atoms with Crippen LogP contribution in [-0.2, 0) is 43.3 Å². The van der Waals surface area contributed by atoms with Crippen molar-refractivity contribution in [3.05, 3.63) is 123 Å².